The summed E-state index contributed by atoms with van der Waals surface area (Å²) in [6.45, 7) is 37.4. The van der Waals surface area contributed by atoms with E-state index in [1.807, 2.05) is 53.7 Å². The molecular weight excluding hydrogens is 1050 g/mol. The van der Waals surface area contributed by atoms with Crippen LogP contribution in [0.4, 0.5) is 0 Å². The Morgan fingerprint density at radius 1 is 0.369 bits per heavy atom. The van der Waals surface area contributed by atoms with Crippen molar-refractivity contribution in [1.29, 1.82) is 0 Å². The van der Waals surface area contributed by atoms with Gasteiger partial charge in [0, 0.05) is 69.4 Å². The number of rotatable bonds is 12. The Bertz CT molecular complexity index is 3120. The van der Waals surface area contributed by atoms with Crippen molar-refractivity contribution in [2.24, 2.45) is 20.0 Å². The van der Waals surface area contributed by atoms with Gasteiger partial charge in [-0.3, -0.25) is 20.0 Å². The summed E-state index contributed by atoms with van der Waals surface area (Å²) in [5.41, 5.74) is 5.82. The molecular formula is C72H94N4O8. The van der Waals surface area contributed by atoms with Gasteiger partial charge in [0.05, 0.1) is 35.3 Å². The summed E-state index contributed by atoms with van der Waals surface area (Å²) >= 11 is 0. The molecule has 0 saturated heterocycles. The van der Waals surface area contributed by atoms with E-state index in [1.165, 1.54) is 24.3 Å². The normalized spacial score (nSPS) is 18.8. The predicted molar refractivity (Wildman–Crippen MR) is 343 cm³/mol. The molecule has 4 N–H and O–H groups in total. The van der Waals surface area contributed by atoms with Crippen LogP contribution >= 0.6 is 0 Å². The highest BCUT2D eigenvalue weighted by molar-refractivity contribution is 5.96. The first-order chi connectivity index (χ1) is 38.9. The van der Waals surface area contributed by atoms with Gasteiger partial charge in [-0.15, -0.1) is 0 Å². The lowest BCUT2D eigenvalue weighted by Crippen LogP contribution is -2.27. The van der Waals surface area contributed by atoms with E-state index in [4.69, 9.17) is 29.4 Å². The maximum absolute atomic E-state index is 13.8. The van der Waals surface area contributed by atoms with E-state index in [0.717, 1.165) is 73.6 Å². The Balaban J connectivity index is 1.08. The predicted octanol–water partition coefficient (Wildman–Crippen LogP) is 16.4. The van der Waals surface area contributed by atoms with Gasteiger partial charge in [-0.25, -0.2) is 9.59 Å². The summed E-state index contributed by atoms with van der Waals surface area (Å²) in [6, 6.07) is 20.2. The molecule has 0 amide bonds. The largest absolute Gasteiger partial charge is 0.507 e. The molecule has 4 atom stereocenters. The Kier molecular flexibility index (Phi) is 19.1. The molecule has 5 aromatic rings. The summed E-state index contributed by atoms with van der Waals surface area (Å²) in [5, 5.41) is 46.3. The van der Waals surface area contributed by atoms with E-state index < -0.39 is 22.8 Å². The van der Waals surface area contributed by atoms with Crippen molar-refractivity contribution in [2.75, 3.05) is 0 Å². The molecule has 0 heterocycles. The highest BCUT2D eigenvalue weighted by atomic mass is 16.5. The zero-order valence-corrected chi connectivity index (χ0v) is 53.4. The molecule has 2 saturated carbocycles. The van der Waals surface area contributed by atoms with Gasteiger partial charge in [0.25, 0.3) is 0 Å². The van der Waals surface area contributed by atoms with Gasteiger partial charge in [-0.2, -0.15) is 0 Å². The zero-order valence-electron chi connectivity index (χ0n) is 53.4. The van der Waals surface area contributed by atoms with Crippen LogP contribution < -0.4 is 9.47 Å². The van der Waals surface area contributed by atoms with E-state index in [9.17, 15) is 30.0 Å². The van der Waals surface area contributed by atoms with Crippen LogP contribution in [0.2, 0.25) is 0 Å². The number of esters is 2. The number of aromatic hydroxyl groups is 4. The second-order valence-corrected chi connectivity index (χ2v) is 29.5. The lowest BCUT2D eigenvalue weighted by molar-refractivity contribution is 0.0720. The number of aliphatic imine (C=N–C) groups is 4. The molecule has 5 aromatic carbocycles. The number of phenolic OH excluding ortho intramolecular Hbond substituents is 4. The fourth-order valence-corrected chi connectivity index (χ4v) is 10.9. The molecule has 450 valence electrons. The van der Waals surface area contributed by atoms with Crippen molar-refractivity contribution in [2.45, 2.75) is 233 Å². The molecule has 0 aliphatic heterocycles. The quantitative estimate of drug-likeness (QED) is 0.0540. The first-order valence-electron chi connectivity index (χ1n) is 30.1. The van der Waals surface area contributed by atoms with Crippen LogP contribution in [-0.2, 0) is 32.5 Å². The smallest absolute Gasteiger partial charge is 0.343 e. The molecule has 12 heteroatoms. The van der Waals surface area contributed by atoms with Crippen LogP contribution in [-0.4, -0.2) is 81.4 Å². The molecule has 2 aliphatic carbocycles. The minimum atomic E-state index is -0.663. The van der Waals surface area contributed by atoms with Crippen LogP contribution in [0.3, 0.4) is 0 Å². The second kappa shape index (κ2) is 24.9. The molecule has 4 unspecified atom stereocenters. The lowest BCUT2D eigenvalue weighted by Gasteiger charge is -2.28. The summed E-state index contributed by atoms with van der Waals surface area (Å²) < 4.78 is 12.0. The maximum Gasteiger partial charge on any atom is 0.343 e. The van der Waals surface area contributed by atoms with Gasteiger partial charge >= 0.3 is 11.9 Å². The number of carbonyl (C=O) groups excluding carboxylic acids is 2. The van der Waals surface area contributed by atoms with Crippen molar-refractivity contribution in [3.63, 3.8) is 0 Å². The number of ether oxygens (including phenoxy) is 2. The van der Waals surface area contributed by atoms with Crippen molar-refractivity contribution in [1.82, 2.24) is 0 Å². The highest BCUT2D eigenvalue weighted by Crippen LogP contribution is 2.42. The fraction of sp³-hybridized carbons (Fsp3) is 0.500. The van der Waals surface area contributed by atoms with E-state index in [1.54, 1.807) is 49.1 Å². The van der Waals surface area contributed by atoms with Gasteiger partial charge in [0.2, 0.25) is 0 Å². The van der Waals surface area contributed by atoms with Crippen molar-refractivity contribution < 1.29 is 39.5 Å². The molecule has 2 fully saturated rings. The van der Waals surface area contributed by atoms with E-state index >= 15 is 0 Å². The second-order valence-electron chi connectivity index (χ2n) is 29.5. The van der Waals surface area contributed by atoms with Gasteiger partial charge in [-0.05, 0) is 130 Å². The first kappa shape index (κ1) is 64.5. The molecule has 2 aliphatic rings. The highest BCUT2D eigenvalue weighted by Gasteiger charge is 2.31. The summed E-state index contributed by atoms with van der Waals surface area (Å²) in [4.78, 5) is 47.8. The fourth-order valence-electron chi connectivity index (χ4n) is 10.9. The number of hydrogen-bond acceptors (Lipinski definition) is 12. The third kappa shape index (κ3) is 15.8. The maximum atomic E-state index is 13.8. The van der Waals surface area contributed by atoms with Crippen LogP contribution in [0.1, 0.15) is 252 Å². The van der Waals surface area contributed by atoms with Crippen LogP contribution in [0, 0.1) is 0 Å². The number of benzene rings is 5. The standard InChI is InChI=1S/C72H94N4O8/c1-67(2,3)49-31-45(61(77)53(35-49)69(7,8)9)39-73-57-23-19-21-25-59(57)75-41-47-33-51(37-55(63(47)79)71(13,14)15)83-65(81)43-27-29-44(30-28-43)66(82)84-52-34-48(64(80)56(38-52)72(16,17)18)42-76-60-26-22-20-24-58(60)74-40-46-32-50(68(4,5)6)36-54(62(46)78)70(10,11)12/h27-42,57-60,77-80H,19-26H2,1-18H3. The molecule has 12 nitrogen and oxygen atoms in total. The topological polar surface area (TPSA) is 183 Å². The number of nitrogens with zero attached hydrogens (tertiary/aromatic N) is 4. The van der Waals surface area contributed by atoms with Gasteiger partial charge in [-0.1, -0.05) is 162 Å². The van der Waals surface area contributed by atoms with Crippen LogP contribution in [0.15, 0.2) is 92.8 Å². The summed E-state index contributed by atoms with van der Waals surface area (Å²) in [6.07, 6.45) is 14.1. The molecule has 0 radical (unpaired) electrons. The molecule has 7 rings (SSSR count). The summed E-state index contributed by atoms with van der Waals surface area (Å²) in [5.74, 6) is -0.325. The van der Waals surface area contributed by atoms with Crippen LogP contribution in [0.5, 0.6) is 34.5 Å². The minimum absolute atomic E-state index is 0.0419. The van der Waals surface area contributed by atoms with E-state index in [-0.39, 0.29) is 91.5 Å². The molecule has 0 bridgehead atoms. The van der Waals surface area contributed by atoms with Crippen molar-refractivity contribution in [3.8, 4) is 34.5 Å². The third-order valence-electron chi connectivity index (χ3n) is 16.3. The Hall–Kier alpha value is -7.08. The van der Waals surface area contributed by atoms with Crippen molar-refractivity contribution >= 4 is 36.8 Å². The number of hydrogen-bond donors (Lipinski definition) is 4. The summed E-state index contributed by atoms with van der Waals surface area (Å²) in [7, 11) is 0. The number of carbonyl (C=O) groups is 2. The molecule has 0 spiro atoms. The van der Waals surface area contributed by atoms with E-state index in [0.29, 0.717) is 33.4 Å². The van der Waals surface area contributed by atoms with Crippen LogP contribution in [0.25, 0.3) is 0 Å². The first-order valence-corrected chi connectivity index (χ1v) is 30.1. The monoisotopic (exact) mass is 1140 g/mol. The van der Waals surface area contributed by atoms with Gasteiger partial charge in [0.1, 0.15) is 34.5 Å². The average molecular weight is 1140 g/mol. The molecule has 84 heavy (non-hydrogen) atoms. The number of phenols is 4. The Morgan fingerprint density at radius 3 is 0.845 bits per heavy atom. The van der Waals surface area contributed by atoms with Gasteiger partial charge < -0.3 is 29.9 Å². The minimum Gasteiger partial charge on any atom is -0.507 e. The zero-order chi connectivity index (χ0) is 62.1. The third-order valence-corrected chi connectivity index (χ3v) is 16.3. The van der Waals surface area contributed by atoms with Gasteiger partial charge in [0.15, 0.2) is 0 Å². The van der Waals surface area contributed by atoms with E-state index in [2.05, 4.69) is 95.2 Å². The Morgan fingerprint density at radius 2 is 0.607 bits per heavy atom. The van der Waals surface area contributed by atoms with Crippen molar-refractivity contribution in [3.05, 3.63) is 140 Å². The lowest BCUT2D eigenvalue weighted by atomic mass is 9.79. The molecule has 0 aromatic heterocycles. The SMILES string of the molecule is CC(C)(C)c1cc(C=NC2CCCCC2N=Cc2cc(OC(=O)c3ccc(C(=O)Oc4cc(C=NC5CCCCC5N=Cc5cc(C(C)(C)C)cc(C(C)(C)C)c5O)c(O)c(C(C)(C)C)c4)cc3)cc(C(C)(C)C)c2O)c(O)c(C(C)(C)C)c1. The average Bonchev–Trinajstić information content (AvgIpc) is 3.20. The Labute approximate surface area is 500 Å².